The SMILES string of the molecule is CC[C@H](C)C([C@@H](CC(=O)N1CCC[C@H]1[C@H](OC)[C@@H](C)C(=O)NC(Cc1ccccc1)c1nccs1)OC)N(C)C(=O)[C@@H](NC(=O)C(C)(C)NC(=O)CCC(C)(C)OCC(C)(C)N)C(C)C. The van der Waals surface area contributed by atoms with Crippen molar-refractivity contribution in [3.63, 3.8) is 0 Å². The number of nitrogens with zero attached hydrogens (tertiary/aromatic N) is 3. The first kappa shape index (κ1) is 55.4. The van der Waals surface area contributed by atoms with Crippen molar-refractivity contribution in [3.05, 3.63) is 52.5 Å². The molecule has 1 aromatic heterocycles. The molecule has 1 aliphatic rings. The van der Waals surface area contributed by atoms with Crippen molar-refractivity contribution in [2.24, 2.45) is 23.5 Å². The number of likely N-dealkylation sites (N-methyl/N-ethyl adjacent to an activating group) is 1. The highest BCUT2D eigenvalue weighted by Gasteiger charge is 2.44. The Balaban J connectivity index is 1.73. The number of rotatable bonds is 26. The average Bonchev–Trinajstić information content (AvgIpc) is 3.97. The molecule has 1 fully saturated rings. The van der Waals surface area contributed by atoms with Gasteiger partial charge < -0.3 is 45.7 Å². The maximum absolute atomic E-state index is 14.5. The van der Waals surface area contributed by atoms with Gasteiger partial charge in [-0.3, -0.25) is 24.0 Å². The van der Waals surface area contributed by atoms with E-state index in [1.807, 2.05) is 103 Å². The molecule has 0 saturated carbocycles. The largest absolute Gasteiger partial charge is 0.379 e. The van der Waals surface area contributed by atoms with Crippen LogP contribution in [0.5, 0.6) is 0 Å². The summed E-state index contributed by atoms with van der Waals surface area (Å²) in [7, 11) is 4.82. The second-order valence-electron chi connectivity index (χ2n) is 20.1. The quantitative estimate of drug-likeness (QED) is 0.0895. The summed E-state index contributed by atoms with van der Waals surface area (Å²) >= 11 is 1.49. The normalized spacial score (nSPS) is 18.0. The summed E-state index contributed by atoms with van der Waals surface area (Å²) in [6.07, 6.45) is 3.68. The molecule has 1 aromatic carbocycles. The van der Waals surface area contributed by atoms with Crippen LogP contribution >= 0.6 is 11.3 Å². The number of methoxy groups -OCH3 is 2. The maximum atomic E-state index is 14.5. The van der Waals surface area contributed by atoms with Gasteiger partial charge in [0, 0.05) is 51.3 Å². The molecule has 5 amide bonds. The smallest absolute Gasteiger partial charge is 0.245 e. The van der Waals surface area contributed by atoms with Gasteiger partial charge in [-0.05, 0) is 84.6 Å². The van der Waals surface area contributed by atoms with E-state index in [1.54, 1.807) is 46.2 Å². The number of carbonyl (C=O) groups excluding carboxylic acids is 5. The molecule has 2 unspecified atom stereocenters. The van der Waals surface area contributed by atoms with E-state index in [-0.39, 0.29) is 60.4 Å². The van der Waals surface area contributed by atoms with Crippen LogP contribution in [0, 0.1) is 17.8 Å². The van der Waals surface area contributed by atoms with Crippen LogP contribution < -0.4 is 21.7 Å². The van der Waals surface area contributed by atoms with Gasteiger partial charge in [-0.25, -0.2) is 4.98 Å². The van der Waals surface area contributed by atoms with E-state index in [1.165, 1.54) is 11.3 Å². The number of hydrogen-bond acceptors (Lipinski definition) is 11. The summed E-state index contributed by atoms with van der Waals surface area (Å²) in [5.74, 6) is -2.49. The number of amides is 5. The van der Waals surface area contributed by atoms with E-state index in [0.717, 1.165) is 17.0 Å². The van der Waals surface area contributed by atoms with Crippen LogP contribution in [-0.4, -0.2) is 126 Å². The summed E-state index contributed by atoms with van der Waals surface area (Å²) in [5.41, 5.74) is 4.70. The highest BCUT2D eigenvalue weighted by atomic mass is 32.1. The summed E-state index contributed by atoms with van der Waals surface area (Å²) in [6.45, 7) is 21.2. The van der Waals surface area contributed by atoms with E-state index < -0.39 is 52.8 Å². The van der Waals surface area contributed by atoms with E-state index in [0.29, 0.717) is 38.8 Å². The summed E-state index contributed by atoms with van der Waals surface area (Å²) in [6, 6.07) is 7.82. The van der Waals surface area contributed by atoms with Crippen molar-refractivity contribution >= 4 is 40.9 Å². The molecule has 1 aliphatic heterocycles. The zero-order valence-electron chi connectivity index (χ0n) is 41.7. The van der Waals surface area contributed by atoms with E-state index >= 15 is 0 Å². The van der Waals surface area contributed by atoms with Gasteiger partial charge >= 0.3 is 0 Å². The molecule has 3 rings (SSSR count). The van der Waals surface area contributed by atoms with Gasteiger partial charge in [0.05, 0.1) is 54.9 Å². The minimum Gasteiger partial charge on any atom is -0.379 e. The number of carbonyl (C=O) groups is 5. The molecule has 2 aromatic rings. The number of thiazole rings is 1. The molecule has 1 saturated heterocycles. The molecular weight excluding hydrogens is 847 g/mol. The van der Waals surface area contributed by atoms with Crippen molar-refractivity contribution in [1.29, 1.82) is 0 Å². The molecule has 8 atom stereocenters. The van der Waals surface area contributed by atoms with E-state index in [4.69, 9.17) is 19.9 Å². The third kappa shape index (κ3) is 16.4. The Labute approximate surface area is 393 Å². The first-order valence-corrected chi connectivity index (χ1v) is 24.1. The fourth-order valence-corrected chi connectivity index (χ4v) is 9.15. The Morgan fingerprint density at radius 2 is 1.65 bits per heavy atom. The van der Waals surface area contributed by atoms with Crippen LogP contribution in [0.3, 0.4) is 0 Å². The predicted octanol–water partition coefficient (Wildman–Crippen LogP) is 5.81. The van der Waals surface area contributed by atoms with Crippen LogP contribution in [0.15, 0.2) is 41.9 Å². The van der Waals surface area contributed by atoms with Crippen molar-refractivity contribution in [2.75, 3.05) is 34.4 Å². The molecule has 5 N–H and O–H groups in total. The highest BCUT2D eigenvalue weighted by molar-refractivity contribution is 7.09. The third-order valence-corrected chi connectivity index (χ3v) is 13.5. The molecule has 366 valence electrons. The zero-order chi connectivity index (χ0) is 48.9. The lowest BCUT2D eigenvalue weighted by Gasteiger charge is -2.41. The Hall–Kier alpha value is -3.96. The van der Waals surface area contributed by atoms with Crippen LogP contribution in [0.1, 0.15) is 131 Å². The number of nitrogens with two attached hydrogens (primary N) is 1. The number of ether oxygens (including phenoxy) is 3. The first-order chi connectivity index (χ1) is 30.4. The van der Waals surface area contributed by atoms with Gasteiger partial charge in [0.1, 0.15) is 16.6 Å². The maximum Gasteiger partial charge on any atom is 0.245 e. The van der Waals surface area contributed by atoms with Crippen LogP contribution in [0.4, 0.5) is 0 Å². The predicted molar refractivity (Wildman–Crippen MR) is 256 cm³/mol. The van der Waals surface area contributed by atoms with Crippen molar-refractivity contribution in [1.82, 2.24) is 30.7 Å². The topological polar surface area (TPSA) is 195 Å². The lowest BCUT2D eigenvalue weighted by Crippen LogP contribution is -2.62. The molecule has 0 aliphatic carbocycles. The standard InChI is InChI=1S/C49H81N7O8S/c1-15-32(4)41(55(12)45(60)40(31(2)3)53-46(61)49(10,11)54-38(57)23-24-48(8,9)64-30-47(6,7)50)37(62-13)29-39(58)56-26-19-22-36(56)42(63-14)33(5)43(59)52-35(44-51-25-27-65-44)28-34-20-17-16-18-21-34/h16-18,20-21,25,27,31-33,35-37,40-42H,15,19,22-24,26,28-30,50H2,1-14H3,(H,52,59)(H,53,61)(H,54,57)/t32-,33+,35?,36-,37+,40-,41?,42+/m0/s1. The number of aromatic nitrogens is 1. The zero-order valence-corrected chi connectivity index (χ0v) is 42.5. The van der Waals surface area contributed by atoms with Gasteiger partial charge in [0.15, 0.2) is 0 Å². The Bertz CT molecular complexity index is 1820. The molecule has 16 heteroatoms. The molecular formula is C49H81N7O8S. The van der Waals surface area contributed by atoms with Gasteiger partial charge in [0.2, 0.25) is 29.5 Å². The third-order valence-electron chi connectivity index (χ3n) is 12.6. The minimum atomic E-state index is -1.33. The van der Waals surface area contributed by atoms with Crippen molar-refractivity contribution in [3.8, 4) is 0 Å². The summed E-state index contributed by atoms with van der Waals surface area (Å²) < 4.78 is 18.1. The summed E-state index contributed by atoms with van der Waals surface area (Å²) in [5, 5.41) is 11.7. The molecule has 2 heterocycles. The van der Waals surface area contributed by atoms with Gasteiger partial charge in [-0.15, -0.1) is 11.3 Å². The number of hydrogen-bond donors (Lipinski definition) is 4. The molecule has 65 heavy (non-hydrogen) atoms. The number of nitrogens with one attached hydrogen (secondary N) is 3. The van der Waals surface area contributed by atoms with Gasteiger partial charge in [-0.1, -0.05) is 71.4 Å². The van der Waals surface area contributed by atoms with Crippen LogP contribution in [-0.2, 0) is 44.6 Å². The van der Waals surface area contributed by atoms with Gasteiger partial charge in [-0.2, -0.15) is 0 Å². The number of likely N-dealkylation sites (tertiary alicyclic amines) is 1. The van der Waals surface area contributed by atoms with Crippen LogP contribution in [0.2, 0.25) is 0 Å². The average molecular weight is 928 g/mol. The summed E-state index contributed by atoms with van der Waals surface area (Å²) in [4.78, 5) is 77.8. The van der Waals surface area contributed by atoms with E-state index in [2.05, 4.69) is 20.9 Å². The fourth-order valence-electron chi connectivity index (χ4n) is 8.46. The highest BCUT2D eigenvalue weighted by Crippen LogP contribution is 2.31. The lowest BCUT2D eigenvalue weighted by atomic mass is 9.89. The molecule has 0 bridgehead atoms. The lowest BCUT2D eigenvalue weighted by molar-refractivity contribution is -0.148. The molecule has 15 nitrogen and oxygen atoms in total. The monoisotopic (exact) mass is 928 g/mol. The van der Waals surface area contributed by atoms with E-state index in [9.17, 15) is 24.0 Å². The molecule has 0 spiro atoms. The Morgan fingerprint density at radius 3 is 2.20 bits per heavy atom. The first-order valence-electron chi connectivity index (χ1n) is 23.3. The van der Waals surface area contributed by atoms with Crippen LogP contribution in [0.25, 0.3) is 0 Å². The Morgan fingerprint density at radius 1 is 0.985 bits per heavy atom. The second kappa shape index (κ2) is 24.7. The Kier molecular flexibility index (Phi) is 21.0. The fraction of sp³-hybridized carbons (Fsp3) is 0.714. The molecule has 0 radical (unpaired) electrons. The van der Waals surface area contributed by atoms with Crippen molar-refractivity contribution < 1.29 is 38.2 Å². The van der Waals surface area contributed by atoms with Gasteiger partial charge in [0.25, 0.3) is 0 Å². The number of benzene rings is 1. The minimum absolute atomic E-state index is 0.0105. The van der Waals surface area contributed by atoms with Crippen molar-refractivity contribution in [2.45, 2.75) is 174 Å². The second-order valence-corrected chi connectivity index (χ2v) is 21.0.